The van der Waals surface area contributed by atoms with Gasteiger partial charge in [-0.3, -0.25) is 0 Å². The third-order valence-corrected chi connectivity index (χ3v) is 10.2. The second-order valence-corrected chi connectivity index (χ2v) is 13.6. The maximum Gasteiger partial charge on any atom is 0.151 e. The van der Waals surface area contributed by atoms with Crippen LogP contribution in [0.25, 0.3) is 21.5 Å². The minimum Gasteiger partial charge on any atom is -0.377 e. The van der Waals surface area contributed by atoms with E-state index in [1.165, 1.54) is 31.7 Å². The molecule has 40 heavy (non-hydrogen) atoms. The Morgan fingerprint density at radius 2 is 1.88 bits per heavy atom. The minimum absolute atomic E-state index is 0.214. The van der Waals surface area contributed by atoms with Gasteiger partial charge >= 0.3 is 0 Å². The van der Waals surface area contributed by atoms with Crippen molar-refractivity contribution in [1.29, 1.82) is 0 Å². The maximum absolute atomic E-state index is 14.0. The van der Waals surface area contributed by atoms with Crippen molar-refractivity contribution < 1.29 is 13.7 Å². The van der Waals surface area contributed by atoms with Gasteiger partial charge in [0.1, 0.15) is 17.0 Å². The van der Waals surface area contributed by atoms with Crippen LogP contribution in [-0.2, 0) is 11.3 Å². The molecule has 0 aliphatic heterocycles. The molecule has 0 amide bonds. The van der Waals surface area contributed by atoms with Crippen LogP contribution in [0.1, 0.15) is 87.5 Å². The predicted molar refractivity (Wildman–Crippen MR) is 166 cm³/mol. The molecule has 0 radical (unpaired) electrons. The van der Waals surface area contributed by atoms with Crippen LogP contribution in [0.2, 0.25) is 10.0 Å². The zero-order valence-corrected chi connectivity index (χ0v) is 26.9. The molecule has 2 aliphatic rings. The Hall–Kier alpha value is -1.51. The van der Waals surface area contributed by atoms with Crippen LogP contribution in [-0.4, -0.2) is 16.7 Å². The second kappa shape index (κ2) is 13.2. The van der Waals surface area contributed by atoms with Crippen molar-refractivity contribution in [2.24, 2.45) is 11.8 Å². The number of halogens is 4. The lowest BCUT2D eigenvalue weighted by Gasteiger charge is -2.34. The van der Waals surface area contributed by atoms with E-state index >= 15 is 0 Å². The Labute approximate surface area is 257 Å². The summed E-state index contributed by atoms with van der Waals surface area (Å²) in [7, 11) is 0. The number of nitrogens with zero attached hydrogens (tertiary/aromatic N) is 2. The monoisotopic (exact) mass is 666 g/mol. The lowest BCUT2D eigenvalue weighted by molar-refractivity contribution is 0.133. The zero-order chi connectivity index (χ0) is 28.4. The first-order valence-electron chi connectivity index (χ1n) is 14.1. The number of rotatable bonds is 7. The van der Waals surface area contributed by atoms with E-state index in [0.29, 0.717) is 58.1 Å². The molecular formula is C31H34BrCl2FN2O2S. The smallest absolute Gasteiger partial charge is 0.151 e. The first-order valence-corrected chi connectivity index (χ1v) is 16.4. The highest BCUT2D eigenvalue weighted by Gasteiger charge is 2.34. The Bertz CT molecular complexity index is 1450. The number of ether oxygens (including phenoxy) is 1. The lowest BCUT2D eigenvalue weighted by Crippen LogP contribution is -2.24. The van der Waals surface area contributed by atoms with E-state index in [1.54, 1.807) is 23.5 Å². The highest BCUT2D eigenvalue weighted by molar-refractivity contribution is 9.10. The van der Waals surface area contributed by atoms with Gasteiger partial charge in [-0.05, 0) is 62.3 Å². The molecule has 2 saturated carbocycles. The topological polar surface area (TPSA) is 48.2 Å². The Balaban J connectivity index is 0.000000161. The second-order valence-electron chi connectivity index (χ2n) is 10.8. The van der Waals surface area contributed by atoms with Gasteiger partial charge in [0.2, 0.25) is 0 Å². The number of hydrogen-bond donors (Lipinski definition) is 0. The summed E-state index contributed by atoms with van der Waals surface area (Å²) in [4.78, 5) is 4.65. The van der Waals surface area contributed by atoms with E-state index in [2.05, 4.69) is 39.9 Å². The van der Waals surface area contributed by atoms with Gasteiger partial charge in [0.25, 0.3) is 0 Å². The SMILES string of the molecule is CCC1CCCC(C)C1c1nc2c(F)cc(Br)cc2s1.CCOCc1c(-c2c(Cl)cccc2Cl)noc1C1CC1. The van der Waals surface area contributed by atoms with Crippen molar-refractivity contribution in [3.05, 3.63) is 67.0 Å². The first-order chi connectivity index (χ1) is 19.3. The quantitative estimate of drug-likeness (QED) is 0.197. The summed E-state index contributed by atoms with van der Waals surface area (Å²) >= 11 is 17.6. The molecule has 2 heterocycles. The fraction of sp³-hybridized carbons (Fsp3) is 0.484. The summed E-state index contributed by atoms with van der Waals surface area (Å²) in [6.45, 7) is 7.67. The molecule has 2 aromatic heterocycles. The molecular weight excluding hydrogens is 634 g/mol. The maximum atomic E-state index is 14.0. The van der Waals surface area contributed by atoms with E-state index in [4.69, 9.17) is 32.5 Å². The predicted octanol–water partition coefficient (Wildman–Crippen LogP) is 11.2. The molecule has 4 aromatic rings. The van der Waals surface area contributed by atoms with E-state index in [1.807, 2.05) is 19.1 Å². The van der Waals surface area contributed by atoms with Crippen LogP contribution in [0.15, 0.2) is 39.3 Å². The number of fused-ring (bicyclic) bond motifs is 1. The summed E-state index contributed by atoms with van der Waals surface area (Å²) < 4.78 is 26.9. The normalized spacial score (nSPS) is 20.9. The average Bonchev–Trinajstić information content (AvgIpc) is 3.55. The molecule has 2 fully saturated rings. The summed E-state index contributed by atoms with van der Waals surface area (Å²) in [5, 5.41) is 6.48. The Morgan fingerprint density at radius 3 is 2.55 bits per heavy atom. The van der Waals surface area contributed by atoms with Crippen molar-refractivity contribution in [1.82, 2.24) is 10.1 Å². The lowest BCUT2D eigenvalue weighted by atomic mass is 9.72. The molecule has 0 saturated heterocycles. The van der Waals surface area contributed by atoms with Crippen LogP contribution in [0, 0.1) is 17.7 Å². The van der Waals surface area contributed by atoms with Crippen molar-refractivity contribution >= 4 is 60.7 Å². The van der Waals surface area contributed by atoms with Crippen LogP contribution in [0.3, 0.4) is 0 Å². The molecule has 0 spiro atoms. The van der Waals surface area contributed by atoms with E-state index in [9.17, 15) is 4.39 Å². The van der Waals surface area contributed by atoms with Gasteiger partial charge < -0.3 is 9.26 Å². The van der Waals surface area contributed by atoms with Crippen molar-refractivity contribution in [2.45, 2.75) is 77.7 Å². The van der Waals surface area contributed by atoms with Crippen LogP contribution in [0.5, 0.6) is 0 Å². The third kappa shape index (κ3) is 6.44. The molecule has 0 N–H and O–H groups in total. The number of benzene rings is 2. The number of hydrogen-bond acceptors (Lipinski definition) is 5. The number of aromatic nitrogens is 2. The van der Waals surface area contributed by atoms with Gasteiger partial charge in [0.15, 0.2) is 5.82 Å². The summed E-state index contributed by atoms with van der Waals surface area (Å²) in [5.41, 5.74) is 2.95. The van der Waals surface area contributed by atoms with Crippen molar-refractivity contribution in [3.63, 3.8) is 0 Å². The largest absolute Gasteiger partial charge is 0.377 e. The van der Waals surface area contributed by atoms with E-state index < -0.39 is 0 Å². The average molecular weight is 668 g/mol. The minimum atomic E-state index is -0.214. The Morgan fingerprint density at radius 1 is 1.12 bits per heavy atom. The van der Waals surface area contributed by atoms with Gasteiger partial charge in [-0.1, -0.05) is 83.5 Å². The fourth-order valence-corrected chi connectivity index (χ4v) is 8.30. The molecule has 4 nitrogen and oxygen atoms in total. The standard InChI is InChI=1S/C16H19BrFNS.C15H15Cl2NO2/c1-3-10-6-4-5-9(2)14(10)16-19-15-12(18)7-11(17)8-13(15)20-16;1-2-19-8-10-14(18-20-15(10)9-6-7-9)13-11(16)4-3-5-12(13)17/h7-10,14H,3-6H2,1-2H3;3-5,9H,2,6-8H2,1H3. The van der Waals surface area contributed by atoms with Gasteiger partial charge in [-0.15, -0.1) is 11.3 Å². The molecule has 3 unspecified atom stereocenters. The van der Waals surface area contributed by atoms with E-state index in [0.717, 1.165) is 43.9 Å². The molecule has 2 aromatic carbocycles. The van der Waals surface area contributed by atoms with Crippen molar-refractivity contribution in [3.8, 4) is 11.3 Å². The van der Waals surface area contributed by atoms with Crippen LogP contribution < -0.4 is 0 Å². The Kier molecular flexibility index (Phi) is 9.89. The number of thiazole rings is 1. The molecule has 2 aliphatic carbocycles. The summed E-state index contributed by atoms with van der Waals surface area (Å²) in [5.74, 6) is 3.03. The molecule has 214 valence electrons. The van der Waals surface area contributed by atoms with Gasteiger partial charge in [0.05, 0.1) is 26.4 Å². The van der Waals surface area contributed by atoms with Gasteiger partial charge in [-0.2, -0.15) is 0 Å². The molecule has 9 heteroatoms. The van der Waals surface area contributed by atoms with Crippen molar-refractivity contribution in [2.75, 3.05) is 6.61 Å². The van der Waals surface area contributed by atoms with Gasteiger partial charge in [0, 0.05) is 34.0 Å². The summed E-state index contributed by atoms with van der Waals surface area (Å²) in [6.07, 6.45) is 7.35. The molecule has 3 atom stereocenters. The fourth-order valence-electron chi connectivity index (χ4n) is 5.80. The molecule has 6 rings (SSSR count). The van der Waals surface area contributed by atoms with Gasteiger partial charge in [-0.25, -0.2) is 9.37 Å². The third-order valence-electron chi connectivity index (χ3n) is 8.01. The summed E-state index contributed by atoms with van der Waals surface area (Å²) in [6, 6.07) is 8.91. The zero-order valence-electron chi connectivity index (χ0n) is 23.0. The van der Waals surface area contributed by atoms with E-state index in [-0.39, 0.29) is 5.82 Å². The van der Waals surface area contributed by atoms with Crippen LogP contribution >= 0.6 is 50.5 Å². The first kappa shape index (κ1) is 30.0. The molecule has 0 bridgehead atoms. The highest BCUT2D eigenvalue weighted by Crippen LogP contribution is 2.47. The highest BCUT2D eigenvalue weighted by atomic mass is 79.9. The van der Waals surface area contributed by atoms with Crippen LogP contribution in [0.4, 0.5) is 4.39 Å².